The molecule has 2 aromatic heterocycles. The van der Waals surface area contributed by atoms with Crippen LogP contribution in [0.2, 0.25) is 0 Å². The first-order valence-corrected chi connectivity index (χ1v) is 11.4. The number of aromatic nitrogens is 4. The van der Waals surface area contributed by atoms with Crippen LogP contribution in [0.1, 0.15) is 52.5 Å². The number of amides is 1. The van der Waals surface area contributed by atoms with Crippen molar-refractivity contribution in [3.05, 3.63) is 86.8 Å². The molecule has 0 unspecified atom stereocenters. The Morgan fingerprint density at radius 3 is 2.49 bits per heavy atom. The number of H-pyrrole nitrogens is 1. The van der Waals surface area contributed by atoms with E-state index in [4.69, 9.17) is 10.00 Å². The van der Waals surface area contributed by atoms with Crippen LogP contribution in [0.4, 0.5) is 5.95 Å². The van der Waals surface area contributed by atoms with Crippen molar-refractivity contribution >= 4 is 17.6 Å². The Hall–Kier alpha value is -4.45. The molecule has 0 aliphatic rings. The normalized spacial score (nSPS) is 10.8. The maximum absolute atomic E-state index is 13.6. The molecule has 0 bridgehead atoms. The molecule has 4 rings (SSSR count). The maximum atomic E-state index is 13.6. The fourth-order valence-corrected chi connectivity index (χ4v) is 3.81. The van der Waals surface area contributed by atoms with Gasteiger partial charge in [-0.2, -0.15) is 14.8 Å². The van der Waals surface area contributed by atoms with Gasteiger partial charge in [-0.05, 0) is 61.7 Å². The van der Waals surface area contributed by atoms with Gasteiger partial charge in [0.25, 0.3) is 17.2 Å². The Morgan fingerprint density at radius 2 is 1.86 bits per heavy atom. The summed E-state index contributed by atoms with van der Waals surface area (Å²) in [6, 6.07) is 15.8. The summed E-state index contributed by atoms with van der Waals surface area (Å²) >= 11 is 0. The number of unbranched alkanes of at least 4 members (excludes halogenated alkanes) is 1. The highest BCUT2D eigenvalue weighted by molar-refractivity contribution is 6.05. The summed E-state index contributed by atoms with van der Waals surface area (Å²) in [6.07, 6.45) is 2.47. The van der Waals surface area contributed by atoms with Crippen LogP contribution in [-0.2, 0) is 13.0 Å². The first-order valence-electron chi connectivity index (χ1n) is 11.4. The number of rotatable bonds is 8. The first-order chi connectivity index (χ1) is 16.9. The largest absolute Gasteiger partial charge is 0.497 e. The van der Waals surface area contributed by atoms with Crippen molar-refractivity contribution in [1.29, 1.82) is 5.26 Å². The number of carbonyl (C=O) groups excluding carboxylic acids is 1. The second kappa shape index (κ2) is 10.2. The number of hydrogen-bond donors (Lipinski definition) is 1. The van der Waals surface area contributed by atoms with Crippen LogP contribution < -0.4 is 15.2 Å². The summed E-state index contributed by atoms with van der Waals surface area (Å²) in [4.78, 5) is 37.2. The molecule has 1 N–H and O–H groups in total. The van der Waals surface area contributed by atoms with Crippen LogP contribution in [0.5, 0.6) is 5.75 Å². The molecule has 9 heteroatoms. The summed E-state index contributed by atoms with van der Waals surface area (Å²) < 4.78 is 6.49. The number of fused-ring (bicyclic) bond motifs is 1. The number of nitriles is 1. The molecule has 35 heavy (non-hydrogen) atoms. The van der Waals surface area contributed by atoms with Gasteiger partial charge in [0.05, 0.1) is 31.0 Å². The Kier molecular flexibility index (Phi) is 6.92. The van der Waals surface area contributed by atoms with Crippen molar-refractivity contribution in [1.82, 2.24) is 19.6 Å². The third-order valence-electron chi connectivity index (χ3n) is 5.83. The first kappa shape index (κ1) is 23.7. The number of ether oxygens (including phenoxy) is 1. The number of nitrogens with one attached hydrogen (secondary N) is 1. The van der Waals surface area contributed by atoms with Gasteiger partial charge in [-0.15, -0.1) is 0 Å². The number of methoxy groups -OCH3 is 1. The number of aryl methyl sites for hydroxylation is 1. The monoisotopic (exact) mass is 470 g/mol. The summed E-state index contributed by atoms with van der Waals surface area (Å²) in [5, 5.41) is 12.1. The Morgan fingerprint density at radius 1 is 1.14 bits per heavy atom. The van der Waals surface area contributed by atoms with Crippen molar-refractivity contribution in [3.63, 3.8) is 0 Å². The van der Waals surface area contributed by atoms with E-state index in [1.165, 1.54) is 9.42 Å². The molecule has 0 atom stereocenters. The zero-order valence-corrected chi connectivity index (χ0v) is 19.9. The Bertz CT molecular complexity index is 1450. The standard InChI is InChI=1S/C26H26N6O3/c1-4-5-6-22-17(2)28-25-29-26(30-32(25)24(22)34)31(16-19-9-7-18(15-27)8-10-19)23(33)20-11-13-21(35-3)14-12-20/h7-14H,4-6,16H2,1-3H3,(H,28,29,30). The lowest BCUT2D eigenvalue weighted by atomic mass is 10.1. The summed E-state index contributed by atoms with van der Waals surface area (Å²) in [5.41, 5.74) is 2.82. The number of benzene rings is 2. The second-order valence-corrected chi connectivity index (χ2v) is 8.20. The van der Waals surface area contributed by atoms with Crippen LogP contribution >= 0.6 is 0 Å². The van der Waals surface area contributed by atoms with Crippen LogP contribution in [0, 0.1) is 18.3 Å². The third-order valence-corrected chi connectivity index (χ3v) is 5.83. The van der Waals surface area contributed by atoms with Crippen molar-refractivity contribution < 1.29 is 9.53 Å². The lowest BCUT2D eigenvalue weighted by molar-refractivity contribution is 0.0983. The van der Waals surface area contributed by atoms with E-state index in [0.29, 0.717) is 34.6 Å². The zero-order valence-electron chi connectivity index (χ0n) is 19.9. The number of carbonyl (C=O) groups is 1. The van der Waals surface area contributed by atoms with Crippen LogP contribution in [-0.4, -0.2) is 32.6 Å². The molecule has 0 aliphatic heterocycles. The van der Waals surface area contributed by atoms with Crippen LogP contribution in [0.15, 0.2) is 53.3 Å². The highest BCUT2D eigenvalue weighted by atomic mass is 16.5. The molecule has 0 spiro atoms. The van der Waals surface area contributed by atoms with Gasteiger partial charge in [-0.1, -0.05) is 25.5 Å². The van der Waals surface area contributed by atoms with E-state index in [-0.39, 0.29) is 29.7 Å². The summed E-state index contributed by atoms with van der Waals surface area (Å²) in [6.45, 7) is 4.05. The number of hydrogen-bond acceptors (Lipinski definition) is 6. The Labute approximate surface area is 202 Å². The van der Waals surface area contributed by atoms with Gasteiger partial charge in [0.1, 0.15) is 5.75 Å². The van der Waals surface area contributed by atoms with Crippen molar-refractivity contribution in [2.45, 2.75) is 39.7 Å². The van der Waals surface area contributed by atoms with Gasteiger partial charge in [-0.3, -0.25) is 19.6 Å². The highest BCUT2D eigenvalue weighted by Gasteiger charge is 2.23. The van der Waals surface area contributed by atoms with Crippen molar-refractivity contribution in [2.24, 2.45) is 0 Å². The van der Waals surface area contributed by atoms with Gasteiger partial charge in [0.15, 0.2) is 0 Å². The minimum Gasteiger partial charge on any atom is -0.497 e. The molecule has 0 aliphatic carbocycles. The van der Waals surface area contributed by atoms with E-state index in [2.05, 4.69) is 28.1 Å². The maximum Gasteiger partial charge on any atom is 0.277 e. The fraction of sp³-hybridized carbons (Fsp3) is 0.269. The predicted octanol–water partition coefficient (Wildman–Crippen LogP) is 3.80. The number of anilines is 1. The van der Waals surface area contributed by atoms with Gasteiger partial charge >= 0.3 is 0 Å². The van der Waals surface area contributed by atoms with Gasteiger partial charge in [0, 0.05) is 11.1 Å². The summed E-state index contributed by atoms with van der Waals surface area (Å²) in [5.74, 6) is 0.726. The quantitative estimate of drug-likeness (QED) is 0.419. The minimum atomic E-state index is -0.313. The topological polar surface area (TPSA) is 116 Å². The molecule has 0 saturated heterocycles. The smallest absolute Gasteiger partial charge is 0.277 e. The van der Waals surface area contributed by atoms with E-state index in [0.717, 1.165) is 18.4 Å². The lowest BCUT2D eigenvalue weighted by Crippen LogP contribution is -2.31. The molecule has 2 heterocycles. The molecule has 0 radical (unpaired) electrons. The van der Waals surface area contributed by atoms with Crippen LogP contribution in [0.3, 0.4) is 0 Å². The van der Waals surface area contributed by atoms with Gasteiger partial charge in [0.2, 0.25) is 5.95 Å². The van der Waals surface area contributed by atoms with Crippen molar-refractivity contribution in [3.8, 4) is 11.8 Å². The average Bonchev–Trinajstić information content (AvgIpc) is 3.31. The van der Waals surface area contributed by atoms with E-state index < -0.39 is 0 Å². The minimum absolute atomic E-state index is 0.173. The number of aromatic amines is 1. The second-order valence-electron chi connectivity index (χ2n) is 8.20. The molecular formula is C26H26N6O3. The van der Waals surface area contributed by atoms with E-state index in [1.807, 2.05) is 0 Å². The molecule has 0 fully saturated rings. The predicted molar refractivity (Wildman–Crippen MR) is 132 cm³/mol. The van der Waals surface area contributed by atoms with E-state index in [1.54, 1.807) is 62.6 Å². The average molecular weight is 471 g/mol. The van der Waals surface area contributed by atoms with E-state index >= 15 is 0 Å². The molecule has 9 nitrogen and oxygen atoms in total. The van der Waals surface area contributed by atoms with Gasteiger partial charge < -0.3 is 4.74 Å². The summed E-state index contributed by atoms with van der Waals surface area (Å²) in [7, 11) is 1.56. The Balaban J connectivity index is 1.78. The van der Waals surface area contributed by atoms with E-state index in [9.17, 15) is 9.59 Å². The fourth-order valence-electron chi connectivity index (χ4n) is 3.81. The van der Waals surface area contributed by atoms with Gasteiger partial charge in [-0.25, -0.2) is 4.98 Å². The molecule has 1 amide bonds. The number of nitrogens with zero attached hydrogens (tertiary/aromatic N) is 5. The molecule has 0 saturated carbocycles. The lowest BCUT2D eigenvalue weighted by Gasteiger charge is -2.20. The molecule has 2 aromatic carbocycles. The SMILES string of the molecule is CCCCc1c(C)nc2nc(N(Cc3ccc(C#N)cc3)C(=O)c3ccc(OC)cc3)[nH]n2c1=O. The molecular weight excluding hydrogens is 444 g/mol. The zero-order chi connectivity index (χ0) is 24.9. The van der Waals surface area contributed by atoms with Crippen LogP contribution in [0.25, 0.3) is 5.78 Å². The molecule has 178 valence electrons. The highest BCUT2D eigenvalue weighted by Crippen LogP contribution is 2.20. The van der Waals surface area contributed by atoms with Crippen molar-refractivity contribution in [2.75, 3.05) is 12.0 Å². The molecule has 4 aromatic rings. The third kappa shape index (κ3) is 4.92.